The van der Waals surface area contributed by atoms with Gasteiger partial charge in [0.15, 0.2) is 6.61 Å². The molecule has 0 saturated heterocycles. The molecule has 0 saturated carbocycles. The van der Waals surface area contributed by atoms with Gasteiger partial charge >= 0.3 is 5.97 Å². The Morgan fingerprint density at radius 2 is 1.83 bits per heavy atom. The number of esters is 1. The zero-order valence-corrected chi connectivity index (χ0v) is 16.6. The van der Waals surface area contributed by atoms with Gasteiger partial charge in [-0.3, -0.25) is 4.79 Å². The molecule has 1 heterocycles. The monoisotopic (exact) mass is 389 g/mol. The maximum absolute atomic E-state index is 12.4. The van der Waals surface area contributed by atoms with Crippen LogP contribution in [0.4, 0.5) is 5.69 Å². The smallest absolute Gasteiger partial charge is 0.349 e. The van der Waals surface area contributed by atoms with Crippen molar-refractivity contribution >= 4 is 23.6 Å². The predicted molar refractivity (Wildman–Crippen MR) is 111 cm³/mol. The van der Waals surface area contributed by atoms with Crippen LogP contribution in [0.25, 0.3) is 6.08 Å². The summed E-state index contributed by atoms with van der Waals surface area (Å²) in [7, 11) is 3.86. The Labute approximate surface area is 170 Å². The first-order chi connectivity index (χ1) is 14.0. The average Bonchev–Trinajstić information content (AvgIpc) is 2.75. The van der Waals surface area contributed by atoms with E-state index in [1.54, 1.807) is 4.90 Å². The average molecular weight is 389 g/mol. The van der Waals surface area contributed by atoms with Crippen molar-refractivity contribution in [1.29, 1.82) is 5.26 Å². The van der Waals surface area contributed by atoms with Gasteiger partial charge < -0.3 is 14.5 Å². The van der Waals surface area contributed by atoms with Crippen molar-refractivity contribution in [1.82, 2.24) is 4.90 Å². The number of hydrogen-bond donors (Lipinski definition) is 0. The summed E-state index contributed by atoms with van der Waals surface area (Å²) < 4.78 is 5.10. The molecule has 6 nitrogen and oxygen atoms in total. The Hall–Kier alpha value is -3.59. The molecule has 0 bridgehead atoms. The quantitative estimate of drug-likeness (QED) is 0.447. The zero-order chi connectivity index (χ0) is 20.8. The molecule has 2 aromatic carbocycles. The highest BCUT2D eigenvalue weighted by Gasteiger charge is 2.22. The van der Waals surface area contributed by atoms with Gasteiger partial charge in [-0.15, -0.1) is 0 Å². The number of rotatable bonds is 5. The SMILES string of the molecule is CN(C)c1ccc(/C=C(/C#N)C(=O)OCC(=O)N2CCc3ccccc3C2)cc1. The van der Waals surface area contributed by atoms with Crippen LogP contribution in [-0.4, -0.2) is 44.0 Å². The minimum absolute atomic E-state index is 0.139. The first-order valence-electron chi connectivity index (χ1n) is 9.39. The Kier molecular flexibility index (Phi) is 6.30. The van der Waals surface area contributed by atoms with Crippen LogP contribution in [0.15, 0.2) is 54.1 Å². The first-order valence-corrected chi connectivity index (χ1v) is 9.39. The number of anilines is 1. The molecule has 0 aliphatic carbocycles. The maximum atomic E-state index is 12.4. The van der Waals surface area contributed by atoms with E-state index in [-0.39, 0.29) is 18.1 Å². The van der Waals surface area contributed by atoms with Crippen molar-refractivity contribution in [2.45, 2.75) is 13.0 Å². The molecule has 0 spiro atoms. The van der Waals surface area contributed by atoms with Crippen molar-refractivity contribution in [2.24, 2.45) is 0 Å². The molecule has 0 N–H and O–H groups in total. The summed E-state index contributed by atoms with van der Waals surface area (Å²) in [6.07, 6.45) is 2.24. The Balaban J connectivity index is 1.59. The van der Waals surface area contributed by atoms with E-state index in [1.807, 2.05) is 67.5 Å². The number of nitriles is 1. The molecule has 1 aliphatic heterocycles. The number of fused-ring (bicyclic) bond motifs is 1. The summed E-state index contributed by atoms with van der Waals surface area (Å²) in [6.45, 7) is 0.720. The lowest BCUT2D eigenvalue weighted by molar-refractivity contribution is -0.149. The van der Waals surface area contributed by atoms with Gasteiger partial charge in [0.25, 0.3) is 5.91 Å². The molecule has 0 aromatic heterocycles. The summed E-state index contributed by atoms with van der Waals surface area (Å²) >= 11 is 0. The van der Waals surface area contributed by atoms with Crippen LogP contribution in [0.5, 0.6) is 0 Å². The van der Waals surface area contributed by atoms with E-state index < -0.39 is 5.97 Å². The standard InChI is InChI=1S/C23H23N3O3/c1-25(2)21-9-7-17(8-10-21)13-20(14-24)23(28)29-16-22(27)26-12-11-18-5-3-4-6-19(18)15-26/h3-10,13H,11-12,15-16H2,1-2H3/b20-13-. The van der Waals surface area contributed by atoms with Gasteiger partial charge in [0, 0.05) is 32.9 Å². The maximum Gasteiger partial charge on any atom is 0.349 e. The second kappa shape index (κ2) is 9.07. The van der Waals surface area contributed by atoms with E-state index in [2.05, 4.69) is 6.07 Å². The largest absolute Gasteiger partial charge is 0.451 e. The van der Waals surface area contributed by atoms with Crippen LogP contribution in [0.3, 0.4) is 0 Å². The highest BCUT2D eigenvalue weighted by Crippen LogP contribution is 2.19. The van der Waals surface area contributed by atoms with E-state index in [0.29, 0.717) is 18.7 Å². The van der Waals surface area contributed by atoms with Crippen LogP contribution < -0.4 is 4.90 Å². The second-order valence-electron chi connectivity index (χ2n) is 7.07. The third kappa shape index (κ3) is 5.02. The molecule has 0 atom stereocenters. The molecule has 0 radical (unpaired) electrons. The van der Waals surface area contributed by atoms with Crippen molar-refractivity contribution in [3.8, 4) is 6.07 Å². The highest BCUT2D eigenvalue weighted by molar-refractivity contribution is 5.98. The van der Waals surface area contributed by atoms with Gasteiger partial charge in [-0.1, -0.05) is 36.4 Å². The predicted octanol–water partition coefficient (Wildman–Crippen LogP) is 2.79. The summed E-state index contributed by atoms with van der Waals surface area (Å²) in [4.78, 5) is 28.3. The summed E-state index contributed by atoms with van der Waals surface area (Å²) in [6, 6.07) is 17.3. The fourth-order valence-corrected chi connectivity index (χ4v) is 3.18. The third-order valence-corrected chi connectivity index (χ3v) is 4.87. The Bertz CT molecular complexity index is 972. The lowest BCUT2D eigenvalue weighted by atomic mass is 10.00. The van der Waals surface area contributed by atoms with Crippen LogP contribution >= 0.6 is 0 Å². The van der Waals surface area contributed by atoms with Gasteiger partial charge in [0.05, 0.1) is 0 Å². The minimum atomic E-state index is -0.796. The van der Waals surface area contributed by atoms with Crippen molar-refractivity contribution in [2.75, 3.05) is 32.1 Å². The molecule has 3 rings (SSSR count). The van der Waals surface area contributed by atoms with E-state index in [4.69, 9.17) is 4.74 Å². The summed E-state index contributed by atoms with van der Waals surface area (Å²) in [5.41, 5.74) is 3.93. The molecule has 0 unspecified atom stereocenters. The molecule has 1 aliphatic rings. The Morgan fingerprint density at radius 1 is 1.14 bits per heavy atom. The van der Waals surface area contributed by atoms with Crippen molar-refractivity contribution in [3.05, 3.63) is 70.8 Å². The number of carbonyl (C=O) groups is 2. The van der Waals surface area contributed by atoms with Crippen LogP contribution in [0.2, 0.25) is 0 Å². The molecule has 29 heavy (non-hydrogen) atoms. The van der Waals surface area contributed by atoms with Crippen molar-refractivity contribution < 1.29 is 14.3 Å². The molecular formula is C23H23N3O3. The minimum Gasteiger partial charge on any atom is -0.451 e. The normalized spacial score (nSPS) is 13.3. The molecule has 148 valence electrons. The van der Waals surface area contributed by atoms with Gasteiger partial charge in [-0.2, -0.15) is 5.26 Å². The number of hydrogen-bond acceptors (Lipinski definition) is 5. The van der Waals surface area contributed by atoms with Gasteiger partial charge in [0.1, 0.15) is 11.6 Å². The van der Waals surface area contributed by atoms with E-state index in [0.717, 1.165) is 17.7 Å². The van der Waals surface area contributed by atoms with E-state index >= 15 is 0 Å². The molecule has 1 amide bonds. The lowest BCUT2D eigenvalue weighted by Crippen LogP contribution is -2.38. The van der Waals surface area contributed by atoms with Gasteiger partial charge in [-0.05, 0) is 41.3 Å². The molecular weight excluding hydrogens is 366 g/mol. The van der Waals surface area contributed by atoms with Crippen LogP contribution in [-0.2, 0) is 27.3 Å². The summed E-state index contributed by atoms with van der Waals surface area (Å²) in [5, 5.41) is 9.30. The highest BCUT2D eigenvalue weighted by atomic mass is 16.5. The number of nitrogens with zero attached hydrogens (tertiary/aromatic N) is 3. The number of amides is 1. The molecule has 2 aromatic rings. The molecule has 6 heteroatoms. The van der Waals surface area contributed by atoms with Crippen LogP contribution in [0.1, 0.15) is 16.7 Å². The fourth-order valence-electron chi connectivity index (χ4n) is 3.18. The lowest BCUT2D eigenvalue weighted by Gasteiger charge is -2.28. The first kappa shape index (κ1) is 20.2. The number of ether oxygens (including phenoxy) is 1. The van der Waals surface area contributed by atoms with Crippen LogP contribution in [0, 0.1) is 11.3 Å². The number of benzene rings is 2. The zero-order valence-electron chi connectivity index (χ0n) is 16.6. The fraction of sp³-hybridized carbons (Fsp3) is 0.261. The second-order valence-corrected chi connectivity index (χ2v) is 7.07. The Morgan fingerprint density at radius 3 is 2.48 bits per heavy atom. The van der Waals surface area contributed by atoms with E-state index in [1.165, 1.54) is 11.6 Å². The van der Waals surface area contributed by atoms with E-state index in [9.17, 15) is 14.9 Å². The van der Waals surface area contributed by atoms with Gasteiger partial charge in [-0.25, -0.2) is 4.79 Å². The number of carbonyl (C=O) groups excluding carboxylic acids is 2. The van der Waals surface area contributed by atoms with Gasteiger partial charge in [0.2, 0.25) is 0 Å². The topological polar surface area (TPSA) is 73.6 Å². The summed E-state index contributed by atoms with van der Waals surface area (Å²) in [5.74, 6) is -1.06. The van der Waals surface area contributed by atoms with Crippen molar-refractivity contribution in [3.63, 3.8) is 0 Å². The molecule has 0 fully saturated rings. The third-order valence-electron chi connectivity index (χ3n) is 4.87.